The predicted octanol–water partition coefficient (Wildman–Crippen LogP) is 4.19. The second-order valence-corrected chi connectivity index (χ2v) is 7.29. The molecule has 0 bridgehead atoms. The van der Waals surface area contributed by atoms with Gasteiger partial charge in [0.1, 0.15) is 11.2 Å². The molecule has 0 radical (unpaired) electrons. The molecule has 0 saturated carbocycles. The van der Waals surface area contributed by atoms with Crippen molar-refractivity contribution in [3.63, 3.8) is 0 Å². The van der Waals surface area contributed by atoms with E-state index >= 15 is 0 Å². The maximum atomic E-state index is 4.85. The van der Waals surface area contributed by atoms with E-state index in [0.29, 0.717) is 0 Å². The number of hydrogen-bond donors (Lipinski definition) is 0. The van der Waals surface area contributed by atoms with Gasteiger partial charge in [0.2, 0.25) is 0 Å². The van der Waals surface area contributed by atoms with Gasteiger partial charge in [0.05, 0.1) is 5.39 Å². The molecule has 3 heterocycles. The van der Waals surface area contributed by atoms with E-state index in [1.165, 1.54) is 40.7 Å². The molecule has 1 aliphatic rings. The largest absolute Gasteiger partial charge is 0.225 e. The average molecular weight is 320 g/mol. The third kappa shape index (κ3) is 2.00. The van der Waals surface area contributed by atoms with Gasteiger partial charge in [-0.05, 0) is 44.2 Å². The first-order valence-corrected chi connectivity index (χ1v) is 8.84. The lowest BCUT2D eigenvalue weighted by Gasteiger charge is -2.09. The van der Waals surface area contributed by atoms with Crippen molar-refractivity contribution < 1.29 is 0 Å². The number of thiophene rings is 1. The summed E-state index contributed by atoms with van der Waals surface area (Å²) in [4.78, 5) is 12.1. The molecule has 4 nitrogen and oxygen atoms in total. The highest BCUT2D eigenvalue weighted by molar-refractivity contribution is 7.19. The zero-order valence-electron chi connectivity index (χ0n) is 12.9. The molecule has 0 saturated heterocycles. The first-order valence-electron chi connectivity index (χ1n) is 8.02. The summed E-state index contributed by atoms with van der Waals surface area (Å²) in [5, 5.41) is 5.87. The van der Waals surface area contributed by atoms with Crippen LogP contribution >= 0.6 is 11.3 Å². The van der Waals surface area contributed by atoms with Gasteiger partial charge in [-0.25, -0.2) is 14.5 Å². The standard InChI is InChI=1S/C18H16N4S/c1-11-5-4-6-12(9-11)16-20-17-15-13-7-2-3-8-14(13)23-18(15)19-10-22(17)21-16/h4-6,9-10H,2-3,7-8H2,1H3. The fourth-order valence-corrected chi connectivity index (χ4v) is 4.68. The van der Waals surface area contributed by atoms with Gasteiger partial charge in [0.15, 0.2) is 11.5 Å². The summed E-state index contributed by atoms with van der Waals surface area (Å²) in [5.74, 6) is 0.777. The lowest BCUT2D eigenvalue weighted by atomic mass is 9.97. The Morgan fingerprint density at radius 1 is 1.17 bits per heavy atom. The van der Waals surface area contributed by atoms with E-state index in [-0.39, 0.29) is 0 Å². The maximum Gasteiger partial charge on any atom is 0.182 e. The molecule has 0 atom stereocenters. The SMILES string of the molecule is Cc1cccc(-c2nc3c4c5c(sc4ncn3n2)CCCC5)c1. The summed E-state index contributed by atoms with van der Waals surface area (Å²) >= 11 is 1.83. The minimum atomic E-state index is 0.777. The molecule has 0 unspecified atom stereocenters. The van der Waals surface area contributed by atoms with Gasteiger partial charge in [-0.15, -0.1) is 16.4 Å². The van der Waals surface area contributed by atoms with E-state index in [1.807, 2.05) is 15.9 Å². The Bertz CT molecular complexity index is 1040. The Kier molecular flexibility index (Phi) is 2.79. The third-order valence-electron chi connectivity index (χ3n) is 4.57. The molecule has 1 aromatic carbocycles. The highest BCUT2D eigenvalue weighted by Gasteiger charge is 2.20. The number of hydrogen-bond acceptors (Lipinski definition) is 4. The molecular weight excluding hydrogens is 304 g/mol. The lowest BCUT2D eigenvalue weighted by Crippen LogP contribution is -1.99. The molecule has 5 rings (SSSR count). The van der Waals surface area contributed by atoms with E-state index in [2.05, 4.69) is 41.3 Å². The van der Waals surface area contributed by atoms with Crippen molar-refractivity contribution in [1.29, 1.82) is 0 Å². The number of benzene rings is 1. The van der Waals surface area contributed by atoms with Crippen LogP contribution in [-0.2, 0) is 12.8 Å². The molecule has 1 aliphatic carbocycles. The predicted molar refractivity (Wildman–Crippen MR) is 93.0 cm³/mol. The zero-order chi connectivity index (χ0) is 15.4. The number of aryl methyl sites for hydroxylation is 3. The van der Waals surface area contributed by atoms with Crippen molar-refractivity contribution >= 4 is 27.2 Å². The van der Waals surface area contributed by atoms with Crippen LogP contribution < -0.4 is 0 Å². The molecule has 5 heteroatoms. The summed E-state index contributed by atoms with van der Waals surface area (Å²) in [5.41, 5.74) is 4.69. The second-order valence-electron chi connectivity index (χ2n) is 6.21. The Morgan fingerprint density at radius 3 is 3.00 bits per heavy atom. The van der Waals surface area contributed by atoms with Crippen LogP contribution in [0.15, 0.2) is 30.6 Å². The number of rotatable bonds is 1. The fraction of sp³-hybridized carbons (Fsp3) is 0.278. The van der Waals surface area contributed by atoms with Crippen LogP contribution in [0, 0.1) is 6.92 Å². The number of aromatic nitrogens is 4. The third-order valence-corrected chi connectivity index (χ3v) is 5.77. The maximum absolute atomic E-state index is 4.85. The topological polar surface area (TPSA) is 43.1 Å². The summed E-state index contributed by atoms with van der Waals surface area (Å²) in [6.45, 7) is 2.09. The summed E-state index contributed by atoms with van der Waals surface area (Å²) in [6.07, 6.45) is 6.67. The Morgan fingerprint density at radius 2 is 2.09 bits per heavy atom. The minimum absolute atomic E-state index is 0.777. The van der Waals surface area contributed by atoms with Crippen LogP contribution in [0.5, 0.6) is 0 Å². The van der Waals surface area contributed by atoms with Gasteiger partial charge < -0.3 is 0 Å². The van der Waals surface area contributed by atoms with Crippen LogP contribution in [0.3, 0.4) is 0 Å². The molecular formula is C18H16N4S. The molecule has 0 spiro atoms. The smallest absolute Gasteiger partial charge is 0.182 e. The molecule has 3 aromatic heterocycles. The summed E-state index contributed by atoms with van der Waals surface area (Å²) < 4.78 is 1.83. The molecule has 0 N–H and O–H groups in total. The highest BCUT2D eigenvalue weighted by atomic mass is 32.1. The zero-order valence-corrected chi connectivity index (χ0v) is 13.7. The van der Waals surface area contributed by atoms with Crippen LogP contribution in [0.1, 0.15) is 28.8 Å². The highest BCUT2D eigenvalue weighted by Crippen LogP contribution is 2.37. The number of fused-ring (bicyclic) bond motifs is 5. The number of nitrogens with zero attached hydrogens (tertiary/aromatic N) is 4. The van der Waals surface area contributed by atoms with Crippen molar-refractivity contribution in [1.82, 2.24) is 19.6 Å². The van der Waals surface area contributed by atoms with Gasteiger partial charge in [0.25, 0.3) is 0 Å². The van der Waals surface area contributed by atoms with Crippen LogP contribution in [-0.4, -0.2) is 19.6 Å². The van der Waals surface area contributed by atoms with Crippen molar-refractivity contribution in [2.24, 2.45) is 0 Å². The van der Waals surface area contributed by atoms with E-state index < -0.39 is 0 Å². The van der Waals surface area contributed by atoms with Crippen molar-refractivity contribution in [2.75, 3.05) is 0 Å². The van der Waals surface area contributed by atoms with Crippen molar-refractivity contribution in [3.8, 4) is 11.4 Å². The van der Waals surface area contributed by atoms with Gasteiger partial charge in [-0.1, -0.05) is 23.8 Å². The van der Waals surface area contributed by atoms with Gasteiger partial charge >= 0.3 is 0 Å². The molecule has 4 aromatic rings. The normalized spacial score (nSPS) is 14.5. The van der Waals surface area contributed by atoms with E-state index in [1.54, 1.807) is 6.33 Å². The van der Waals surface area contributed by atoms with E-state index in [9.17, 15) is 0 Å². The molecule has 114 valence electrons. The van der Waals surface area contributed by atoms with Gasteiger partial charge in [-0.2, -0.15) is 0 Å². The van der Waals surface area contributed by atoms with Gasteiger partial charge in [-0.3, -0.25) is 0 Å². The van der Waals surface area contributed by atoms with Crippen molar-refractivity contribution in [3.05, 3.63) is 46.6 Å². The van der Waals surface area contributed by atoms with E-state index in [0.717, 1.165) is 28.3 Å². The fourth-order valence-electron chi connectivity index (χ4n) is 3.46. The molecule has 0 fully saturated rings. The molecule has 0 aliphatic heterocycles. The van der Waals surface area contributed by atoms with Crippen LogP contribution in [0.25, 0.3) is 27.3 Å². The summed E-state index contributed by atoms with van der Waals surface area (Å²) in [7, 11) is 0. The van der Waals surface area contributed by atoms with E-state index in [4.69, 9.17) is 4.98 Å². The molecule has 23 heavy (non-hydrogen) atoms. The Balaban J connectivity index is 1.79. The lowest BCUT2D eigenvalue weighted by molar-refractivity contribution is 0.700. The Labute approximate surface area is 137 Å². The first kappa shape index (κ1) is 13.2. The Hall–Kier alpha value is -2.27. The summed E-state index contributed by atoms with van der Waals surface area (Å²) in [6, 6.07) is 8.34. The monoisotopic (exact) mass is 320 g/mol. The van der Waals surface area contributed by atoms with Crippen LogP contribution in [0.2, 0.25) is 0 Å². The van der Waals surface area contributed by atoms with Gasteiger partial charge in [0, 0.05) is 10.4 Å². The first-order chi connectivity index (χ1) is 11.3. The van der Waals surface area contributed by atoms with Crippen LogP contribution in [0.4, 0.5) is 0 Å². The molecule has 0 amide bonds. The average Bonchev–Trinajstić information content (AvgIpc) is 3.15. The quantitative estimate of drug-likeness (QED) is 0.528. The minimum Gasteiger partial charge on any atom is -0.225 e. The second kappa shape index (κ2) is 4.86. The van der Waals surface area contributed by atoms with Crippen molar-refractivity contribution in [2.45, 2.75) is 32.6 Å².